The van der Waals surface area contributed by atoms with Crippen LogP contribution in [0.1, 0.15) is 29.3 Å². The second kappa shape index (κ2) is 8.37. The van der Waals surface area contributed by atoms with Crippen molar-refractivity contribution < 1.29 is 14.3 Å². The zero-order valence-corrected chi connectivity index (χ0v) is 20.6. The first-order chi connectivity index (χ1) is 16.4. The quantitative estimate of drug-likeness (QED) is 0.542. The van der Waals surface area contributed by atoms with Crippen molar-refractivity contribution in [1.82, 2.24) is 20.2 Å². The van der Waals surface area contributed by atoms with Gasteiger partial charge in [-0.3, -0.25) is 14.5 Å². The number of benzene rings is 1. The number of carbonyl (C=O) groups is 2. The lowest BCUT2D eigenvalue weighted by Crippen LogP contribution is -2.44. The van der Waals surface area contributed by atoms with E-state index in [2.05, 4.69) is 29.1 Å². The van der Waals surface area contributed by atoms with Crippen LogP contribution in [0.3, 0.4) is 0 Å². The van der Waals surface area contributed by atoms with Crippen molar-refractivity contribution in [3.05, 3.63) is 45.6 Å². The van der Waals surface area contributed by atoms with Gasteiger partial charge in [-0.05, 0) is 49.6 Å². The van der Waals surface area contributed by atoms with Crippen LogP contribution < -0.4 is 5.32 Å². The van der Waals surface area contributed by atoms with Gasteiger partial charge in [0.2, 0.25) is 11.8 Å². The minimum absolute atomic E-state index is 0.0400. The van der Waals surface area contributed by atoms with E-state index in [0.717, 1.165) is 57.0 Å². The molecule has 1 saturated carbocycles. The molecule has 0 radical (unpaired) electrons. The molecule has 1 N–H and O–H groups in total. The van der Waals surface area contributed by atoms with E-state index < -0.39 is 0 Å². The van der Waals surface area contributed by atoms with Crippen molar-refractivity contribution in [1.29, 1.82) is 0 Å². The monoisotopic (exact) mass is 496 g/mol. The molecule has 2 saturated heterocycles. The number of hydrogen-bond acceptors (Lipinski definition) is 7. The summed E-state index contributed by atoms with van der Waals surface area (Å²) in [5, 5.41) is 4.10. The van der Waals surface area contributed by atoms with Gasteiger partial charge >= 0.3 is 0 Å². The third-order valence-corrected chi connectivity index (χ3v) is 8.32. The predicted octanol–water partition coefficient (Wildman–Crippen LogP) is 3.74. The second-order valence-electron chi connectivity index (χ2n) is 9.54. The van der Waals surface area contributed by atoms with Gasteiger partial charge in [-0.2, -0.15) is 0 Å². The molecule has 2 amide bonds. The van der Waals surface area contributed by atoms with E-state index in [0.29, 0.717) is 18.0 Å². The molecule has 9 heteroatoms. The Hall–Kier alpha value is -2.39. The Bertz CT molecular complexity index is 1300. The van der Waals surface area contributed by atoms with E-state index in [-0.39, 0.29) is 35.9 Å². The molecule has 3 aromatic rings. The number of halogens is 1. The summed E-state index contributed by atoms with van der Waals surface area (Å²) < 4.78 is 7.10. The Morgan fingerprint density at radius 1 is 1.18 bits per heavy atom. The topological polar surface area (TPSA) is 84.4 Å². The van der Waals surface area contributed by atoms with E-state index in [1.165, 1.54) is 16.2 Å². The summed E-state index contributed by atoms with van der Waals surface area (Å²) in [6.45, 7) is 6.10. The Kier molecular flexibility index (Phi) is 5.44. The first-order valence-electron chi connectivity index (χ1n) is 11.6. The second-order valence-corrected chi connectivity index (χ2v) is 11.1. The van der Waals surface area contributed by atoms with Gasteiger partial charge in [-0.25, -0.2) is 9.97 Å². The highest BCUT2D eigenvalue weighted by Crippen LogP contribution is 2.48. The highest BCUT2D eigenvalue weighted by atomic mass is 35.5. The standard InChI is InChI=1S/C25H25ClN4O3S/c1-12-3-14(26)4-18(17(12)5-15-9-27-8-13(2)33-15)22-23-21(28-11-29-22)6-16(34-23)10-30-24(31)19-7-20(19)25(30)32/h3-4,6,11,13,15,19-20,27H,5,7-10H2,1-2H3/t13-,15-,19?,20?/m1/s1. The summed E-state index contributed by atoms with van der Waals surface area (Å²) in [6, 6.07) is 5.91. The number of aryl methyl sites for hydroxylation is 1. The molecular weight excluding hydrogens is 472 g/mol. The van der Waals surface area contributed by atoms with Gasteiger partial charge in [-0.15, -0.1) is 11.3 Å². The number of morpholine rings is 1. The van der Waals surface area contributed by atoms with Crippen LogP contribution in [0.25, 0.3) is 21.5 Å². The minimum Gasteiger partial charge on any atom is -0.372 e. The summed E-state index contributed by atoms with van der Waals surface area (Å²) in [5.41, 5.74) is 4.86. The summed E-state index contributed by atoms with van der Waals surface area (Å²) in [5.74, 6) is -0.259. The molecule has 0 bridgehead atoms. The van der Waals surface area contributed by atoms with Gasteiger partial charge < -0.3 is 10.1 Å². The van der Waals surface area contributed by atoms with Crippen LogP contribution in [0, 0.1) is 18.8 Å². The lowest BCUT2D eigenvalue weighted by molar-refractivity contribution is -0.141. The predicted molar refractivity (Wildman–Crippen MR) is 131 cm³/mol. The van der Waals surface area contributed by atoms with E-state index in [9.17, 15) is 9.59 Å². The Balaban J connectivity index is 1.37. The zero-order chi connectivity index (χ0) is 23.6. The molecule has 3 aliphatic rings. The maximum absolute atomic E-state index is 12.4. The number of rotatable bonds is 5. The van der Waals surface area contributed by atoms with Crippen LogP contribution in [0.2, 0.25) is 5.02 Å². The molecule has 3 fully saturated rings. The SMILES string of the molecule is Cc1cc(Cl)cc(-c2ncnc3cc(CN4C(=O)C5CC5C4=O)sc23)c1C[C@@H]1CNC[C@@H](C)O1. The molecule has 1 aliphatic carbocycles. The van der Waals surface area contributed by atoms with Gasteiger partial charge in [0, 0.05) is 35.0 Å². The van der Waals surface area contributed by atoms with Crippen molar-refractivity contribution in [3.63, 3.8) is 0 Å². The molecule has 34 heavy (non-hydrogen) atoms. The maximum Gasteiger partial charge on any atom is 0.233 e. The van der Waals surface area contributed by atoms with Crippen LogP contribution in [0.5, 0.6) is 0 Å². The number of piperidine rings is 1. The Labute approximate surface area is 206 Å². The number of likely N-dealkylation sites (tertiary alicyclic amines) is 1. The van der Waals surface area contributed by atoms with Crippen LogP contribution >= 0.6 is 22.9 Å². The fourth-order valence-corrected chi connectivity index (χ4v) is 6.59. The number of carbonyl (C=O) groups excluding carboxylic acids is 2. The summed E-state index contributed by atoms with van der Waals surface area (Å²) >= 11 is 8.03. The van der Waals surface area contributed by atoms with Crippen molar-refractivity contribution in [2.75, 3.05) is 13.1 Å². The van der Waals surface area contributed by atoms with Crippen LogP contribution in [0.15, 0.2) is 24.5 Å². The molecule has 7 nitrogen and oxygen atoms in total. The number of ether oxygens (including phenoxy) is 1. The van der Waals surface area contributed by atoms with Crippen LogP contribution in [-0.2, 0) is 27.3 Å². The van der Waals surface area contributed by atoms with Gasteiger partial charge in [0.25, 0.3) is 0 Å². The van der Waals surface area contributed by atoms with E-state index in [1.54, 1.807) is 6.33 Å². The summed E-state index contributed by atoms with van der Waals surface area (Å²) in [7, 11) is 0. The molecule has 2 unspecified atom stereocenters. The van der Waals surface area contributed by atoms with E-state index in [1.807, 2.05) is 18.2 Å². The van der Waals surface area contributed by atoms with Gasteiger partial charge in [-0.1, -0.05) is 11.6 Å². The molecule has 1 aromatic carbocycles. The fraction of sp³-hybridized carbons (Fsp3) is 0.440. The van der Waals surface area contributed by atoms with Crippen molar-refractivity contribution in [2.24, 2.45) is 11.8 Å². The van der Waals surface area contributed by atoms with Gasteiger partial charge in [0.15, 0.2) is 0 Å². The van der Waals surface area contributed by atoms with Crippen LogP contribution in [-0.4, -0.2) is 52.0 Å². The van der Waals surface area contributed by atoms with Crippen LogP contribution in [0.4, 0.5) is 0 Å². The van der Waals surface area contributed by atoms with E-state index in [4.69, 9.17) is 16.3 Å². The van der Waals surface area contributed by atoms with Gasteiger partial charge in [0.05, 0.1) is 46.5 Å². The Morgan fingerprint density at radius 3 is 2.74 bits per heavy atom. The minimum atomic E-state index is -0.0894. The largest absolute Gasteiger partial charge is 0.372 e. The van der Waals surface area contributed by atoms with Crippen molar-refractivity contribution in [2.45, 2.75) is 45.4 Å². The maximum atomic E-state index is 12.4. The average molecular weight is 497 g/mol. The number of thiophene rings is 1. The zero-order valence-electron chi connectivity index (χ0n) is 19.0. The smallest absolute Gasteiger partial charge is 0.233 e. The third-order valence-electron chi connectivity index (χ3n) is 6.99. The number of amides is 2. The molecule has 4 atom stereocenters. The highest BCUT2D eigenvalue weighted by Gasteiger charge is 2.58. The number of nitrogens with one attached hydrogen (secondary N) is 1. The third kappa shape index (κ3) is 3.82. The van der Waals surface area contributed by atoms with Crippen molar-refractivity contribution in [3.8, 4) is 11.3 Å². The molecule has 6 rings (SSSR count). The number of nitrogens with zero attached hydrogens (tertiary/aromatic N) is 3. The summed E-state index contributed by atoms with van der Waals surface area (Å²) in [6.07, 6.45) is 3.26. The Morgan fingerprint density at radius 2 is 1.97 bits per heavy atom. The fourth-order valence-electron chi connectivity index (χ4n) is 5.21. The lowest BCUT2D eigenvalue weighted by Gasteiger charge is -2.30. The molecule has 4 heterocycles. The average Bonchev–Trinajstić information content (AvgIpc) is 3.44. The van der Waals surface area contributed by atoms with Crippen molar-refractivity contribution >= 4 is 45.0 Å². The molecule has 2 aromatic heterocycles. The van der Waals surface area contributed by atoms with Gasteiger partial charge in [0.1, 0.15) is 6.33 Å². The number of aromatic nitrogens is 2. The number of imide groups is 1. The first kappa shape index (κ1) is 22.1. The molecule has 176 valence electrons. The lowest BCUT2D eigenvalue weighted by atomic mass is 9.94. The molecule has 0 spiro atoms. The summed E-state index contributed by atoms with van der Waals surface area (Å²) in [4.78, 5) is 36.3. The number of hydrogen-bond donors (Lipinski definition) is 1. The number of fused-ring (bicyclic) bond motifs is 2. The molecule has 2 aliphatic heterocycles. The first-order valence-corrected chi connectivity index (χ1v) is 12.8. The molecular formula is C25H25ClN4O3S. The normalized spacial score (nSPS) is 26.4. The highest BCUT2D eigenvalue weighted by molar-refractivity contribution is 7.19. The van der Waals surface area contributed by atoms with E-state index >= 15 is 0 Å².